The summed E-state index contributed by atoms with van der Waals surface area (Å²) in [5, 5.41) is 0. The molecule has 2 unspecified atom stereocenters. The van der Waals surface area contributed by atoms with E-state index >= 15 is 0 Å². The molecule has 0 saturated carbocycles. The van der Waals surface area contributed by atoms with Crippen molar-refractivity contribution < 1.29 is 0 Å². The Labute approximate surface area is 97.0 Å². The van der Waals surface area contributed by atoms with Gasteiger partial charge in [-0.25, -0.2) is 0 Å². The van der Waals surface area contributed by atoms with Crippen molar-refractivity contribution >= 4 is 31.9 Å². The van der Waals surface area contributed by atoms with Gasteiger partial charge in [0.25, 0.3) is 0 Å². The third-order valence-electron chi connectivity index (χ3n) is 2.10. The smallest absolute Gasteiger partial charge is 0.0370 e. The van der Waals surface area contributed by atoms with E-state index in [0.717, 1.165) is 0 Å². The lowest BCUT2D eigenvalue weighted by atomic mass is 10.0. The minimum Gasteiger partial charge on any atom is -0.0842 e. The molecule has 2 atom stereocenters. The highest BCUT2D eigenvalue weighted by molar-refractivity contribution is 9.09. The Kier molecular flexibility index (Phi) is 3.99. The second-order valence-electron chi connectivity index (χ2n) is 3.36. The third-order valence-corrected chi connectivity index (χ3v) is 3.09. The standard InChI is InChI=1S/C11H14Br2/c1-7-4-5-10(8(2)12)11(6-7)9(3)13/h4-6,8-9H,1-3H3. The molecule has 0 fully saturated rings. The van der Waals surface area contributed by atoms with Gasteiger partial charge in [-0.1, -0.05) is 55.6 Å². The largest absolute Gasteiger partial charge is 0.0842 e. The average Bonchev–Trinajstić information content (AvgIpc) is 2.03. The van der Waals surface area contributed by atoms with E-state index in [0.29, 0.717) is 9.65 Å². The fourth-order valence-electron chi connectivity index (χ4n) is 1.40. The number of alkyl halides is 2. The number of halogens is 2. The first-order chi connectivity index (χ1) is 6.02. The molecular weight excluding hydrogens is 292 g/mol. The van der Waals surface area contributed by atoms with Crippen molar-refractivity contribution in [2.75, 3.05) is 0 Å². The zero-order chi connectivity index (χ0) is 10.0. The van der Waals surface area contributed by atoms with Crippen LogP contribution in [0.4, 0.5) is 0 Å². The van der Waals surface area contributed by atoms with Gasteiger partial charge in [-0.2, -0.15) is 0 Å². The maximum absolute atomic E-state index is 3.61. The van der Waals surface area contributed by atoms with E-state index in [1.165, 1.54) is 16.7 Å². The topological polar surface area (TPSA) is 0 Å². The zero-order valence-corrected chi connectivity index (χ0v) is 11.3. The summed E-state index contributed by atoms with van der Waals surface area (Å²) in [6.45, 7) is 6.44. The molecule has 0 aliphatic heterocycles. The van der Waals surface area contributed by atoms with Crippen molar-refractivity contribution in [3.63, 3.8) is 0 Å². The second-order valence-corrected chi connectivity index (χ2v) is 6.11. The van der Waals surface area contributed by atoms with E-state index in [1.807, 2.05) is 0 Å². The monoisotopic (exact) mass is 304 g/mol. The molecule has 1 aromatic rings. The molecule has 0 amide bonds. The Morgan fingerprint density at radius 3 is 2.00 bits per heavy atom. The van der Waals surface area contributed by atoms with Crippen molar-refractivity contribution in [3.05, 3.63) is 34.9 Å². The first-order valence-electron chi connectivity index (χ1n) is 4.41. The molecule has 0 aliphatic rings. The third kappa shape index (κ3) is 2.81. The summed E-state index contributed by atoms with van der Waals surface area (Å²) < 4.78 is 0. The summed E-state index contributed by atoms with van der Waals surface area (Å²) in [5.41, 5.74) is 4.07. The van der Waals surface area contributed by atoms with Gasteiger partial charge in [0, 0.05) is 9.65 Å². The maximum Gasteiger partial charge on any atom is 0.0370 e. The minimum atomic E-state index is 0.419. The van der Waals surface area contributed by atoms with Crippen LogP contribution >= 0.6 is 31.9 Å². The van der Waals surface area contributed by atoms with Crippen LogP contribution in [0.2, 0.25) is 0 Å². The van der Waals surface area contributed by atoms with E-state index < -0.39 is 0 Å². The van der Waals surface area contributed by atoms with Crippen LogP contribution in [0.1, 0.15) is 40.2 Å². The molecule has 2 heteroatoms. The lowest BCUT2D eigenvalue weighted by Crippen LogP contribution is -1.95. The molecule has 0 nitrogen and oxygen atoms in total. The summed E-state index contributed by atoms with van der Waals surface area (Å²) >= 11 is 7.22. The molecule has 0 aromatic heterocycles. The average molecular weight is 306 g/mol. The normalized spacial score (nSPS) is 15.5. The molecule has 13 heavy (non-hydrogen) atoms. The summed E-state index contributed by atoms with van der Waals surface area (Å²) in [6, 6.07) is 6.60. The molecule has 1 aromatic carbocycles. The van der Waals surface area contributed by atoms with Gasteiger partial charge in [0.2, 0.25) is 0 Å². The van der Waals surface area contributed by atoms with Gasteiger partial charge in [0.15, 0.2) is 0 Å². The summed E-state index contributed by atoms with van der Waals surface area (Å²) in [6.07, 6.45) is 0. The Morgan fingerprint density at radius 2 is 1.54 bits per heavy atom. The zero-order valence-electron chi connectivity index (χ0n) is 8.14. The second kappa shape index (κ2) is 4.61. The summed E-state index contributed by atoms with van der Waals surface area (Å²) in [7, 11) is 0. The molecule has 0 N–H and O–H groups in total. The van der Waals surface area contributed by atoms with Crippen LogP contribution in [0, 0.1) is 6.92 Å². The van der Waals surface area contributed by atoms with E-state index in [9.17, 15) is 0 Å². The lowest BCUT2D eigenvalue weighted by Gasteiger charge is -2.14. The van der Waals surface area contributed by atoms with Gasteiger partial charge < -0.3 is 0 Å². The SMILES string of the molecule is Cc1ccc(C(C)Br)c(C(C)Br)c1. The molecule has 0 radical (unpaired) electrons. The Bertz CT molecular complexity index is 290. The van der Waals surface area contributed by atoms with Crippen LogP contribution in [-0.4, -0.2) is 0 Å². The van der Waals surface area contributed by atoms with Gasteiger partial charge >= 0.3 is 0 Å². The van der Waals surface area contributed by atoms with Crippen molar-refractivity contribution in [2.45, 2.75) is 30.4 Å². The van der Waals surface area contributed by atoms with Crippen molar-refractivity contribution in [3.8, 4) is 0 Å². The summed E-state index contributed by atoms with van der Waals surface area (Å²) in [4.78, 5) is 0.838. The van der Waals surface area contributed by atoms with E-state index in [2.05, 4.69) is 70.8 Å². The highest BCUT2D eigenvalue weighted by Gasteiger charge is 2.11. The van der Waals surface area contributed by atoms with Crippen LogP contribution in [0.5, 0.6) is 0 Å². The van der Waals surface area contributed by atoms with E-state index in [4.69, 9.17) is 0 Å². The molecule has 0 spiro atoms. The van der Waals surface area contributed by atoms with Crippen LogP contribution in [0.15, 0.2) is 18.2 Å². The Balaban J connectivity index is 3.19. The number of aryl methyl sites for hydroxylation is 1. The first-order valence-corrected chi connectivity index (χ1v) is 6.24. The summed E-state index contributed by atoms with van der Waals surface area (Å²) in [5.74, 6) is 0. The molecular formula is C11H14Br2. The fraction of sp³-hybridized carbons (Fsp3) is 0.455. The van der Waals surface area contributed by atoms with Gasteiger partial charge in [-0.15, -0.1) is 0 Å². The molecule has 0 heterocycles. The number of benzene rings is 1. The minimum absolute atomic E-state index is 0.419. The fourth-order valence-corrected chi connectivity index (χ4v) is 2.21. The molecule has 72 valence electrons. The van der Waals surface area contributed by atoms with Gasteiger partial charge in [0.05, 0.1) is 0 Å². The van der Waals surface area contributed by atoms with Gasteiger partial charge in [0.1, 0.15) is 0 Å². The molecule has 1 rings (SSSR count). The lowest BCUT2D eigenvalue weighted by molar-refractivity contribution is 1.02. The maximum atomic E-state index is 3.61. The Hall–Kier alpha value is 0.180. The quantitative estimate of drug-likeness (QED) is 0.681. The van der Waals surface area contributed by atoms with Crippen LogP contribution in [-0.2, 0) is 0 Å². The number of rotatable bonds is 2. The van der Waals surface area contributed by atoms with Crippen molar-refractivity contribution in [2.24, 2.45) is 0 Å². The predicted octanol–water partition coefficient (Wildman–Crippen LogP) is 4.91. The van der Waals surface area contributed by atoms with Crippen molar-refractivity contribution in [1.82, 2.24) is 0 Å². The van der Waals surface area contributed by atoms with Gasteiger partial charge in [-0.05, 0) is 31.9 Å². The van der Waals surface area contributed by atoms with Crippen molar-refractivity contribution in [1.29, 1.82) is 0 Å². The predicted molar refractivity (Wildman–Crippen MR) is 65.9 cm³/mol. The Morgan fingerprint density at radius 1 is 1.00 bits per heavy atom. The van der Waals surface area contributed by atoms with E-state index in [-0.39, 0.29) is 0 Å². The van der Waals surface area contributed by atoms with Crippen LogP contribution in [0.25, 0.3) is 0 Å². The first kappa shape index (κ1) is 11.3. The van der Waals surface area contributed by atoms with E-state index in [1.54, 1.807) is 0 Å². The van der Waals surface area contributed by atoms with Gasteiger partial charge in [-0.3, -0.25) is 0 Å². The van der Waals surface area contributed by atoms with Crippen LogP contribution in [0.3, 0.4) is 0 Å². The molecule has 0 aliphatic carbocycles. The molecule has 0 bridgehead atoms. The highest BCUT2D eigenvalue weighted by Crippen LogP contribution is 2.33. The number of hydrogen-bond acceptors (Lipinski definition) is 0. The molecule has 0 saturated heterocycles. The highest BCUT2D eigenvalue weighted by atomic mass is 79.9. The van der Waals surface area contributed by atoms with Crippen LogP contribution < -0.4 is 0 Å². The number of hydrogen-bond donors (Lipinski definition) is 0.